The third-order valence-corrected chi connectivity index (χ3v) is 4.66. The van der Waals surface area contributed by atoms with Crippen molar-refractivity contribution < 1.29 is 4.79 Å². The lowest BCUT2D eigenvalue weighted by atomic mass is 9.89. The monoisotopic (exact) mass is 313 g/mol. The van der Waals surface area contributed by atoms with Gasteiger partial charge in [0.25, 0.3) is 5.91 Å². The number of carbonyl (C=O) groups excluding carboxylic acids is 1. The van der Waals surface area contributed by atoms with Gasteiger partial charge >= 0.3 is 0 Å². The van der Waals surface area contributed by atoms with Gasteiger partial charge in [0.05, 0.1) is 6.04 Å². The van der Waals surface area contributed by atoms with Gasteiger partial charge in [0.1, 0.15) is 0 Å². The first-order valence-electron chi connectivity index (χ1n) is 8.27. The highest BCUT2D eigenvalue weighted by Crippen LogP contribution is 2.37. The summed E-state index contributed by atoms with van der Waals surface area (Å²) in [6, 6.07) is 26.4. The van der Waals surface area contributed by atoms with Gasteiger partial charge in [-0.25, -0.2) is 0 Å². The number of hydrogen-bond donors (Lipinski definition) is 0. The van der Waals surface area contributed by atoms with E-state index in [9.17, 15) is 4.79 Å². The van der Waals surface area contributed by atoms with Crippen LogP contribution in [0.25, 0.3) is 0 Å². The molecule has 2 nitrogen and oxygen atoms in total. The minimum absolute atomic E-state index is 0.0235. The number of nitrogens with zero attached hydrogens (tertiary/aromatic N) is 1. The van der Waals surface area contributed by atoms with E-state index in [-0.39, 0.29) is 11.9 Å². The minimum atomic E-state index is 0.0235. The van der Waals surface area contributed by atoms with Gasteiger partial charge in [0.15, 0.2) is 0 Å². The van der Waals surface area contributed by atoms with Crippen LogP contribution in [0.4, 0.5) is 5.69 Å². The number of anilines is 1. The number of benzene rings is 3. The molecule has 3 aromatic carbocycles. The second-order valence-corrected chi connectivity index (χ2v) is 6.30. The molecule has 0 aromatic heterocycles. The average Bonchev–Trinajstić information content (AvgIpc) is 2.62. The number of hydrogen-bond acceptors (Lipinski definition) is 1. The van der Waals surface area contributed by atoms with Gasteiger partial charge in [0, 0.05) is 11.3 Å². The third kappa shape index (κ3) is 2.50. The summed E-state index contributed by atoms with van der Waals surface area (Å²) >= 11 is 0. The molecule has 1 aliphatic rings. The lowest BCUT2D eigenvalue weighted by Crippen LogP contribution is -2.40. The molecule has 118 valence electrons. The number of rotatable bonds is 2. The van der Waals surface area contributed by atoms with Crippen molar-refractivity contribution in [1.82, 2.24) is 0 Å². The van der Waals surface area contributed by atoms with E-state index in [0.29, 0.717) is 0 Å². The van der Waals surface area contributed by atoms with E-state index >= 15 is 0 Å². The van der Waals surface area contributed by atoms with Gasteiger partial charge in [0.2, 0.25) is 0 Å². The van der Waals surface area contributed by atoms with Crippen LogP contribution in [0.1, 0.15) is 33.1 Å². The number of aryl methyl sites for hydroxylation is 1. The molecule has 0 radical (unpaired) electrons. The maximum Gasteiger partial charge on any atom is 0.259 e. The molecule has 3 aromatic rings. The molecule has 2 heteroatoms. The highest BCUT2D eigenvalue weighted by Gasteiger charge is 2.34. The Morgan fingerprint density at radius 2 is 1.62 bits per heavy atom. The Labute approximate surface area is 142 Å². The van der Waals surface area contributed by atoms with Crippen LogP contribution in [-0.4, -0.2) is 5.91 Å². The zero-order valence-electron chi connectivity index (χ0n) is 13.6. The molecule has 0 saturated heterocycles. The molecule has 0 fully saturated rings. The molecule has 24 heavy (non-hydrogen) atoms. The van der Waals surface area contributed by atoms with Crippen molar-refractivity contribution in [3.05, 3.63) is 101 Å². The van der Waals surface area contributed by atoms with Crippen LogP contribution in [0, 0.1) is 6.92 Å². The predicted octanol–water partition coefficient (Wildman–Crippen LogP) is 4.94. The third-order valence-electron chi connectivity index (χ3n) is 4.66. The molecule has 4 rings (SSSR count). The molecule has 0 aliphatic carbocycles. The predicted molar refractivity (Wildman–Crippen MR) is 97.3 cm³/mol. The summed E-state index contributed by atoms with van der Waals surface area (Å²) in [4.78, 5) is 15.2. The van der Waals surface area contributed by atoms with Crippen molar-refractivity contribution in [2.75, 3.05) is 4.90 Å². The van der Waals surface area contributed by atoms with Crippen molar-refractivity contribution in [2.45, 2.75) is 19.4 Å². The second-order valence-electron chi connectivity index (χ2n) is 6.30. The SMILES string of the molecule is Cc1cccc(N2C(=O)c3ccccc3CC2c2ccccc2)c1. The summed E-state index contributed by atoms with van der Waals surface area (Å²) in [5.74, 6) is 0.0799. The van der Waals surface area contributed by atoms with Crippen LogP contribution in [0.2, 0.25) is 0 Å². The fraction of sp³-hybridized carbons (Fsp3) is 0.136. The Hall–Kier alpha value is -2.87. The molecule has 0 spiro atoms. The van der Waals surface area contributed by atoms with Gasteiger partial charge in [-0.2, -0.15) is 0 Å². The van der Waals surface area contributed by atoms with Crippen molar-refractivity contribution in [3.63, 3.8) is 0 Å². The van der Waals surface area contributed by atoms with Gasteiger partial charge < -0.3 is 4.90 Å². The lowest BCUT2D eigenvalue weighted by Gasteiger charge is -2.37. The van der Waals surface area contributed by atoms with E-state index < -0.39 is 0 Å². The van der Waals surface area contributed by atoms with Crippen LogP contribution in [0.15, 0.2) is 78.9 Å². The zero-order chi connectivity index (χ0) is 16.5. The topological polar surface area (TPSA) is 20.3 Å². The second kappa shape index (κ2) is 5.97. The largest absolute Gasteiger partial charge is 0.301 e. The number of fused-ring (bicyclic) bond motifs is 1. The standard InChI is InChI=1S/C22H19NO/c1-16-8-7-12-19(14-16)23-21(17-9-3-2-4-10-17)15-18-11-5-6-13-20(18)22(23)24/h2-14,21H,15H2,1H3. The first kappa shape index (κ1) is 14.7. The molecule has 0 saturated carbocycles. The van der Waals surface area contributed by atoms with Crippen LogP contribution in [-0.2, 0) is 6.42 Å². The summed E-state index contributed by atoms with van der Waals surface area (Å²) in [7, 11) is 0. The summed E-state index contributed by atoms with van der Waals surface area (Å²) in [5.41, 5.74) is 5.22. The number of amides is 1. The van der Waals surface area contributed by atoms with E-state index in [1.165, 1.54) is 5.56 Å². The molecule has 1 heterocycles. The minimum Gasteiger partial charge on any atom is -0.301 e. The molecule has 0 N–H and O–H groups in total. The van der Waals surface area contributed by atoms with E-state index in [1.807, 2.05) is 53.4 Å². The Morgan fingerprint density at radius 3 is 2.42 bits per heavy atom. The van der Waals surface area contributed by atoms with Crippen LogP contribution >= 0.6 is 0 Å². The highest BCUT2D eigenvalue weighted by atomic mass is 16.2. The van der Waals surface area contributed by atoms with Crippen molar-refractivity contribution in [1.29, 1.82) is 0 Å². The van der Waals surface area contributed by atoms with Crippen molar-refractivity contribution in [3.8, 4) is 0 Å². The van der Waals surface area contributed by atoms with Gasteiger partial charge in [-0.1, -0.05) is 60.7 Å². The maximum absolute atomic E-state index is 13.2. The van der Waals surface area contributed by atoms with Crippen molar-refractivity contribution >= 4 is 11.6 Å². The fourth-order valence-electron chi connectivity index (χ4n) is 3.49. The molecular weight excluding hydrogens is 294 g/mol. The molecule has 1 amide bonds. The maximum atomic E-state index is 13.2. The summed E-state index contributed by atoms with van der Waals surface area (Å²) < 4.78 is 0. The Kier molecular flexibility index (Phi) is 3.66. The first-order chi connectivity index (χ1) is 11.7. The van der Waals surface area contributed by atoms with Crippen molar-refractivity contribution in [2.24, 2.45) is 0 Å². The van der Waals surface area contributed by atoms with Crippen LogP contribution < -0.4 is 4.90 Å². The zero-order valence-corrected chi connectivity index (χ0v) is 13.6. The molecule has 1 aliphatic heterocycles. The van der Waals surface area contributed by atoms with E-state index in [2.05, 4.69) is 37.3 Å². The normalized spacial score (nSPS) is 16.8. The van der Waals surface area contributed by atoms with E-state index in [0.717, 1.165) is 28.8 Å². The highest BCUT2D eigenvalue weighted by molar-refractivity contribution is 6.08. The summed E-state index contributed by atoms with van der Waals surface area (Å²) in [6.07, 6.45) is 0.833. The van der Waals surface area contributed by atoms with Crippen LogP contribution in [0.5, 0.6) is 0 Å². The van der Waals surface area contributed by atoms with Gasteiger partial charge in [-0.3, -0.25) is 4.79 Å². The quantitative estimate of drug-likeness (QED) is 0.656. The smallest absolute Gasteiger partial charge is 0.259 e. The first-order valence-corrected chi connectivity index (χ1v) is 8.27. The fourth-order valence-corrected chi connectivity index (χ4v) is 3.49. The lowest BCUT2D eigenvalue weighted by molar-refractivity contribution is 0.0967. The average molecular weight is 313 g/mol. The van der Waals surface area contributed by atoms with Gasteiger partial charge in [-0.15, -0.1) is 0 Å². The summed E-state index contributed by atoms with van der Waals surface area (Å²) in [6.45, 7) is 2.06. The molecular formula is C22H19NO. The summed E-state index contributed by atoms with van der Waals surface area (Å²) in [5, 5.41) is 0. The Bertz CT molecular complexity index is 885. The molecule has 1 atom stereocenters. The Morgan fingerprint density at radius 1 is 0.875 bits per heavy atom. The van der Waals surface area contributed by atoms with Crippen LogP contribution in [0.3, 0.4) is 0 Å². The molecule has 1 unspecified atom stereocenters. The Balaban J connectivity index is 1.88. The molecule has 0 bridgehead atoms. The number of carbonyl (C=O) groups is 1. The van der Waals surface area contributed by atoms with Gasteiger partial charge in [-0.05, 0) is 48.2 Å². The van der Waals surface area contributed by atoms with E-state index in [4.69, 9.17) is 0 Å². The van der Waals surface area contributed by atoms with E-state index in [1.54, 1.807) is 0 Å².